The van der Waals surface area contributed by atoms with Crippen molar-refractivity contribution in [3.8, 4) is 0 Å². The molecule has 6 nitrogen and oxygen atoms in total. The normalized spacial score (nSPS) is 10.3. The van der Waals surface area contributed by atoms with Crippen molar-refractivity contribution in [2.24, 2.45) is 5.18 Å². The molecule has 1 N–H and O–H groups in total. The van der Waals surface area contributed by atoms with Gasteiger partial charge in [0.25, 0.3) is 5.91 Å². The molecule has 0 atom stereocenters. The lowest BCUT2D eigenvalue weighted by Crippen LogP contribution is -2.13. The van der Waals surface area contributed by atoms with E-state index in [0.717, 1.165) is 11.6 Å². The summed E-state index contributed by atoms with van der Waals surface area (Å²) in [7, 11) is 0. The third kappa shape index (κ3) is 4.28. The molecular weight excluding hydrogens is 355 g/mol. The summed E-state index contributed by atoms with van der Waals surface area (Å²) in [6, 6.07) is 10.7. The van der Waals surface area contributed by atoms with Crippen LogP contribution < -0.4 is 5.32 Å². The van der Waals surface area contributed by atoms with Crippen molar-refractivity contribution in [2.75, 3.05) is 5.32 Å². The van der Waals surface area contributed by atoms with Crippen LogP contribution in [0.25, 0.3) is 0 Å². The lowest BCUT2D eigenvalue weighted by Gasteiger charge is -2.09. The Bertz CT molecular complexity index is 937. The smallest absolute Gasteiger partial charge is 0.258 e. The number of aromatic nitrogens is 2. The molecule has 0 unspecified atom stereocenters. The molecule has 0 aliphatic heterocycles. The van der Waals surface area contributed by atoms with Crippen molar-refractivity contribution < 1.29 is 9.18 Å². The van der Waals surface area contributed by atoms with Crippen LogP contribution >= 0.6 is 11.8 Å². The highest BCUT2D eigenvalue weighted by atomic mass is 32.2. The SMILES string of the molecule is O=Nc1cc(NC(=O)c2cccnc2SCc2ccncc2)ccc1F. The van der Waals surface area contributed by atoms with Crippen LogP contribution in [0.2, 0.25) is 0 Å². The molecule has 1 aromatic carbocycles. The van der Waals surface area contributed by atoms with Crippen molar-refractivity contribution in [3.63, 3.8) is 0 Å². The lowest BCUT2D eigenvalue weighted by molar-refractivity contribution is 0.102. The van der Waals surface area contributed by atoms with Crippen molar-refractivity contribution in [2.45, 2.75) is 10.8 Å². The van der Waals surface area contributed by atoms with E-state index in [4.69, 9.17) is 0 Å². The van der Waals surface area contributed by atoms with E-state index in [1.54, 1.807) is 30.7 Å². The van der Waals surface area contributed by atoms with E-state index in [1.807, 2.05) is 12.1 Å². The summed E-state index contributed by atoms with van der Waals surface area (Å²) in [4.78, 5) is 31.4. The average molecular weight is 368 g/mol. The zero-order chi connectivity index (χ0) is 18.4. The first-order valence-electron chi connectivity index (χ1n) is 7.58. The third-order valence-electron chi connectivity index (χ3n) is 3.44. The Morgan fingerprint density at radius 3 is 2.73 bits per heavy atom. The number of nitrogens with one attached hydrogen (secondary N) is 1. The number of halogens is 1. The maximum Gasteiger partial charge on any atom is 0.258 e. The fourth-order valence-electron chi connectivity index (χ4n) is 2.17. The van der Waals surface area contributed by atoms with Gasteiger partial charge in [-0.15, -0.1) is 16.7 Å². The minimum absolute atomic E-state index is 0.278. The molecule has 8 heteroatoms. The van der Waals surface area contributed by atoms with Gasteiger partial charge in [-0.1, -0.05) is 0 Å². The second-order valence-corrected chi connectivity index (χ2v) is 6.18. The molecule has 130 valence electrons. The van der Waals surface area contributed by atoms with Gasteiger partial charge in [-0.2, -0.15) is 0 Å². The Hall–Kier alpha value is -3.13. The first-order chi connectivity index (χ1) is 12.7. The van der Waals surface area contributed by atoms with Crippen LogP contribution in [-0.4, -0.2) is 15.9 Å². The molecule has 0 saturated heterocycles. The lowest BCUT2D eigenvalue weighted by atomic mass is 10.2. The Kier molecular flexibility index (Phi) is 5.65. The average Bonchev–Trinajstić information content (AvgIpc) is 2.69. The van der Waals surface area contributed by atoms with Crippen molar-refractivity contribution in [1.82, 2.24) is 9.97 Å². The molecule has 1 amide bonds. The topological polar surface area (TPSA) is 84.3 Å². The fraction of sp³-hybridized carbons (Fsp3) is 0.0556. The summed E-state index contributed by atoms with van der Waals surface area (Å²) >= 11 is 1.42. The highest BCUT2D eigenvalue weighted by Gasteiger charge is 2.14. The van der Waals surface area contributed by atoms with Crippen LogP contribution in [0.4, 0.5) is 15.8 Å². The van der Waals surface area contributed by atoms with Gasteiger partial charge in [0.1, 0.15) is 10.7 Å². The molecule has 2 aromatic heterocycles. The predicted molar refractivity (Wildman–Crippen MR) is 97.8 cm³/mol. The molecule has 3 rings (SSSR count). The third-order valence-corrected chi connectivity index (χ3v) is 4.52. The molecule has 0 spiro atoms. The minimum Gasteiger partial charge on any atom is -0.322 e. The number of amides is 1. The molecule has 0 aliphatic rings. The quantitative estimate of drug-likeness (QED) is 0.509. The van der Waals surface area contributed by atoms with Gasteiger partial charge < -0.3 is 5.32 Å². The summed E-state index contributed by atoms with van der Waals surface area (Å²) in [6.07, 6.45) is 5.02. The van der Waals surface area contributed by atoms with Crippen molar-refractivity contribution in [3.05, 3.63) is 82.9 Å². The van der Waals surface area contributed by atoms with Crippen LogP contribution in [-0.2, 0) is 5.75 Å². The van der Waals surface area contributed by atoms with E-state index < -0.39 is 11.7 Å². The number of carbonyl (C=O) groups is 1. The number of pyridine rings is 2. The van der Waals surface area contributed by atoms with Crippen LogP contribution in [0.15, 0.2) is 71.3 Å². The van der Waals surface area contributed by atoms with E-state index >= 15 is 0 Å². The Morgan fingerprint density at radius 2 is 1.96 bits per heavy atom. The van der Waals surface area contributed by atoms with Gasteiger partial charge in [0, 0.05) is 30.0 Å². The fourth-order valence-corrected chi connectivity index (χ4v) is 3.12. The number of carbonyl (C=O) groups excluding carboxylic acids is 1. The number of nitrogens with zero attached hydrogens (tertiary/aromatic N) is 3. The van der Waals surface area contributed by atoms with Crippen LogP contribution in [0, 0.1) is 10.7 Å². The predicted octanol–water partition coefficient (Wildman–Crippen LogP) is 4.56. The number of hydrogen-bond donors (Lipinski definition) is 1. The zero-order valence-electron chi connectivity index (χ0n) is 13.4. The summed E-state index contributed by atoms with van der Waals surface area (Å²) < 4.78 is 13.3. The second-order valence-electron chi connectivity index (χ2n) is 5.21. The van der Waals surface area contributed by atoms with Crippen molar-refractivity contribution >= 4 is 29.0 Å². The van der Waals surface area contributed by atoms with E-state index in [1.165, 1.54) is 23.9 Å². The molecule has 0 aliphatic carbocycles. The van der Waals surface area contributed by atoms with Gasteiger partial charge in [-0.3, -0.25) is 9.78 Å². The van der Waals surface area contributed by atoms with Gasteiger partial charge >= 0.3 is 0 Å². The molecule has 0 saturated carbocycles. The van der Waals surface area contributed by atoms with Gasteiger partial charge in [0.15, 0.2) is 5.82 Å². The van der Waals surface area contributed by atoms with E-state index in [-0.39, 0.29) is 11.4 Å². The molecular formula is C18H13FN4O2S. The molecule has 0 radical (unpaired) electrons. The number of thioether (sulfide) groups is 1. The maximum absolute atomic E-state index is 13.3. The van der Waals surface area contributed by atoms with E-state index in [2.05, 4.69) is 20.5 Å². The summed E-state index contributed by atoms with van der Waals surface area (Å²) in [6.45, 7) is 0. The number of rotatable bonds is 6. The van der Waals surface area contributed by atoms with E-state index in [9.17, 15) is 14.1 Å². The van der Waals surface area contributed by atoms with Gasteiger partial charge in [0.05, 0.1) is 5.56 Å². The molecule has 26 heavy (non-hydrogen) atoms. The second kappa shape index (κ2) is 8.30. The van der Waals surface area contributed by atoms with Gasteiger partial charge in [0.2, 0.25) is 0 Å². The van der Waals surface area contributed by atoms with Crippen LogP contribution in [0.5, 0.6) is 0 Å². The molecule has 3 aromatic rings. The minimum atomic E-state index is -0.743. The molecule has 2 heterocycles. The number of hydrogen-bond acceptors (Lipinski definition) is 6. The van der Waals surface area contributed by atoms with Crippen LogP contribution in [0.1, 0.15) is 15.9 Å². The largest absolute Gasteiger partial charge is 0.322 e. The number of benzene rings is 1. The number of anilines is 1. The zero-order valence-corrected chi connectivity index (χ0v) is 14.2. The highest BCUT2D eigenvalue weighted by Crippen LogP contribution is 2.26. The van der Waals surface area contributed by atoms with Crippen LogP contribution in [0.3, 0.4) is 0 Å². The molecule has 0 fully saturated rings. The summed E-state index contributed by atoms with van der Waals surface area (Å²) in [5, 5.41) is 5.79. The first-order valence-corrected chi connectivity index (χ1v) is 8.57. The highest BCUT2D eigenvalue weighted by molar-refractivity contribution is 7.98. The maximum atomic E-state index is 13.3. The number of nitroso groups, excluding NO2 is 1. The van der Waals surface area contributed by atoms with E-state index in [0.29, 0.717) is 16.3 Å². The standard InChI is InChI=1S/C18H13FN4O2S/c19-15-4-3-13(10-16(15)23-25)22-17(24)14-2-1-7-21-18(14)26-11-12-5-8-20-9-6-12/h1-10H,11H2,(H,22,24). The molecule has 0 bridgehead atoms. The van der Waals surface area contributed by atoms with Gasteiger partial charge in [-0.25, -0.2) is 9.37 Å². The Labute approximate surface area is 152 Å². The summed E-state index contributed by atoms with van der Waals surface area (Å²) in [5.41, 5.74) is 1.36. The first kappa shape index (κ1) is 17.7. The monoisotopic (exact) mass is 368 g/mol. The van der Waals surface area contributed by atoms with Crippen molar-refractivity contribution in [1.29, 1.82) is 0 Å². The summed E-state index contributed by atoms with van der Waals surface area (Å²) in [5.74, 6) is -0.512. The Balaban J connectivity index is 1.76. The van der Waals surface area contributed by atoms with Gasteiger partial charge in [-0.05, 0) is 53.2 Å². The Morgan fingerprint density at radius 1 is 1.15 bits per heavy atom.